The van der Waals surface area contributed by atoms with Gasteiger partial charge in [-0.3, -0.25) is 0 Å². The van der Waals surface area contributed by atoms with Crippen molar-refractivity contribution in [3.8, 4) is 0 Å². The van der Waals surface area contributed by atoms with Gasteiger partial charge in [0.15, 0.2) is 31.5 Å². The third-order valence-electron chi connectivity index (χ3n) is 15.1. The molecule has 6 fully saturated rings. The summed E-state index contributed by atoms with van der Waals surface area (Å²) in [5.74, 6) is -6.41. The second kappa shape index (κ2) is 29.4. The van der Waals surface area contributed by atoms with Crippen LogP contribution in [-0.2, 0) is 61.6 Å². The molecule has 6 saturated heterocycles. The normalized spacial score (nSPS) is 47.9. The van der Waals surface area contributed by atoms with E-state index >= 15 is 0 Å². The Hall–Kier alpha value is -1.77. The lowest BCUT2D eigenvalue weighted by atomic mass is 9.88. The fourth-order valence-corrected chi connectivity index (χ4v) is 10.3. The van der Waals surface area contributed by atoms with Gasteiger partial charge in [-0.25, -0.2) is 4.79 Å². The zero-order valence-corrected chi connectivity index (χ0v) is 43.2. The zero-order valence-electron chi connectivity index (χ0n) is 43.2. The molecule has 21 N–H and O–H groups in total. The SMILES string of the molecule is CCCCCCO[C@@H]1OC(CO)[C@@H](O[C@@H]2OC(CO)[C@H](O[C@H]3OC(CO)[C@H](O)[C@H](O[C@@H]4OC(CO)[C@H](O)C(O[C@@H]5OC(CO)[C@H](O)C(O[C@]6(C(=O)O)C[C@@H](O)[C@@H](N)C([C@H](O)[C@H](O)CO)O6)[C@@H]5O)[C@@H]4C)C3O)C(O)[C@@H]2O)C(O)C1O. The molecule has 462 valence electrons. The predicted octanol–water partition coefficient (Wildman–Crippen LogP) is -11.0. The summed E-state index contributed by atoms with van der Waals surface area (Å²) in [6, 6.07) is -1.58. The van der Waals surface area contributed by atoms with Crippen molar-refractivity contribution in [2.24, 2.45) is 11.7 Å². The molecule has 0 saturated carbocycles. The van der Waals surface area contributed by atoms with Crippen molar-refractivity contribution < 1.29 is 159 Å². The number of unbranched alkanes of at least 4 members (excludes halogenated alkanes) is 3. The van der Waals surface area contributed by atoms with E-state index in [1.807, 2.05) is 6.92 Å². The van der Waals surface area contributed by atoms with Gasteiger partial charge < -0.3 is 160 Å². The minimum Gasteiger partial charge on any atom is -0.477 e. The summed E-state index contributed by atoms with van der Waals surface area (Å²) < 4.78 is 68.9. The summed E-state index contributed by atoms with van der Waals surface area (Å²) in [5.41, 5.74) is 5.95. The Labute approximate surface area is 451 Å². The molecule has 0 bridgehead atoms. The lowest BCUT2D eigenvalue weighted by Gasteiger charge is -2.51. The highest BCUT2D eigenvalue weighted by molar-refractivity contribution is 5.76. The number of aliphatic carboxylic acids is 1. The van der Waals surface area contributed by atoms with Crippen LogP contribution in [0.25, 0.3) is 0 Å². The Morgan fingerprint density at radius 3 is 1.48 bits per heavy atom. The lowest BCUT2D eigenvalue weighted by Crippen LogP contribution is -2.70. The summed E-state index contributed by atoms with van der Waals surface area (Å²) in [7, 11) is 0. The van der Waals surface area contributed by atoms with Gasteiger partial charge in [0, 0.05) is 18.9 Å². The molecule has 31 atom stereocenters. The fraction of sp³-hybridized carbons (Fsp3) is 0.978. The second-order valence-corrected chi connectivity index (χ2v) is 20.5. The predicted molar refractivity (Wildman–Crippen MR) is 249 cm³/mol. The number of hydrogen-bond donors (Lipinski definition) is 20. The molecule has 0 aromatic rings. The molecule has 6 aliphatic heterocycles. The first-order chi connectivity index (χ1) is 37.5. The largest absolute Gasteiger partial charge is 0.477 e. The van der Waals surface area contributed by atoms with Gasteiger partial charge in [0.2, 0.25) is 0 Å². The number of carboxylic acids is 1. The molecule has 0 radical (unpaired) electrons. The van der Waals surface area contributed by atoms with Gasteiger partial charge in [0.05, 0.1) is 57.9 Å². The molecule has 0 amide bonds. The molecular weight excluding hydrogens is 1080 g/mol. The Kier molecular flexibility index (Phi) is 24.7. The van der Waals surface area contributed by atoms with E-state index in [1.54, 1.807) is 0 Å². The number of aliphatic hydroxyl groups is 18. The van der Waals surface area contributed by atoms with Gasteiger partial charge in [-0.15, -0.1) is 0 Å². The molecule has 33 heteroatoms. The van der Waals surface area contributed by atoms with Gasteiger partial charge in [-0.05, 0) is 6.42 Å². The van der Waals surface area contributed by atoms with Crippen molar-refractivity contribution in [1.82, 2.24) is 0 Å². The van der Waals surface area contributed by atoms with Crippen molar-refractivity contribution in [3.05, 3.63) is 0 Å². The van der Waals surface area contributed by atoms with E-state index in [0.717, 1.165) is 19.3 Å². The van der Waals surface area contributed by atoms with Gasteiger partial charge in [-0.2, -0.15) is 0 Å². The number of aliphatic hydroxyl groups excluding tert-OH is 18. The molecule has 6 rings (SSSR count). The van der Waals surface area contributed by atoms with Gasteiger partial charge in [-0.1, -0.05) is 33.1 Å². The number of hydrogen-bond acceptors (Lipinski definition) is 32. The van der Waals surface area contributed by atoms with Crippen LogP contribution in [0.3, 0.4) is 0 Å². The first-order valence-electron chi connectivity index (χ1n) is 26.1. The van der Waals surface area contributed by atoms with Crippen molar-refractivity contribution in [2.75, 3.05) is 46.2 Å². The van der Waals surface area contributed by atoms with Crippen LogP contribution in [0, 0.1) is 5.92 Å². The maximum atomic E-state index is 12.9. The standard InChI is InChI=1S/C46H81NO32/c1-3-4-5-6-7-68-41-30(62)28(60)35(21(13-52)72-41)75-42-31(63)29(61)36(22(14-53)73-42)76-43-32(64)38(26(58)19(11-50)70-43)77-40-15(2)34(25(57)18(10-49)69-40)74-44-33(65)39(27(59)20(12-51)71-44)79-46(45(66)67)8-16(54)23(47)37(78-46)24(56)17(55)9-48/h15-44,48-65H,3-14,47H2,1-2H3,(H,66,67)/t15-,16+,17+,18?,19?,20?,21?,22?,23+,24+,25-,26-,27-,28?,29?,30?,31-,32?,33-,34?,35+,36-,37?,38-,39?,40-,41+,42-,43+,44-,46-/m0/s1. The van der Waals surface area contributed by atoms with E-state index in [1.165, 1.54) is 6.92 Å². The van der Waals surface area contributed by atoms with Gasteiger partial charge in [0.25, 0.3) is 5.79 Å². The zero-order chi connectivity index (χ0) is 58.4. The smallest absolute Gasteiger partial charge is 0.364 e. The first kappa shape index (κ1) is 66.4. The quantitative estimate of drug-likeness (QED) is 0.0378. The molecule has 0 aromatic heterocycles. The molecule has 0 aromatic carbocycles. The minimum atomic E-state index is -3.08. The fourth-order valence-electron chi connectivity index (χ4n) is 10.3. The highest BCUT2D eigenvalue weighted by Gasteiger charge is 2.61. The van der Waals surface area contributed by atoms with Crippen LogP contribution in [0.15, 0.2) is 0 Å². The molecule has 0 aliphatic carbocycles. The van der Waals surface area contributed by atoms with Crippen molar-refractivity contribution in [3.63, 3.8) is 0 Å². The number of carboxylic acid groups (broad SMARTS) is 1. The third kappa shape index (κ3) is 14.5. The molecule has 33 nitrogen and oxygen atoms in total. The van der Waals surface area contributed by atoms with E-state index in [0.29, 0.717) is 6.42 Å². The minimum absolute atomic E-state index is 0.164. The highest BCUT2D eigenvalue weighted by atomic mass is 16.8. The number of carbonyl (C=O) groups is 1. The summed E-state index contributed by atoms with van der Waals surface area (Å²) in [6.45, 7) is -2.35. The Morgan fingerprint density at radius 2 is 0.975 bits per heavy atom. The number of ether oxygens (including phenoxy) is 12. The summed E-state index contributed by atoms with van der Waals surface area (Å²) in [5, 5.41) is 205. The molecule has 79 heavy (non-hydrogen) atoms. The Bertz CT molecular complexity index is 1830. The maximum absolute atomic E-state index is 12.9. The van der Waals surface area contributed by atoms with E-state index in [4.69, 9.17) is 62.6 Å². The molecule has 12 unspecified atom stereocenters. The summed E-state index contributed by atoms with van der Waals surface area (Å²) in [4.78, 5) is 12.9. The van der Waals surface area contributed by atoms with E-state index < -0.39 is 242 Å². The Morgan fingerprint density at radius 1 is 0.544 bits per heavy atom. The summed E-state index contributed by atoms with van der Waals surface area (Å²) >= 11 is 0. The van der Waals surface area contributed by atoms with Gasteiger partial charge in [0.1, 0.15) is 128 Å². The van der Waals surface area contributed by atoms with E-state index in [9.17, 15) is 102 Å². The van der Waals surface area contributed by atoms with Crippen molar-refractivity contribution in [1.29, 1.82) is 0 Å². The van der Waals surface area contributed by atoms with Crippen LogP contribution >= 0.6 is 0 Å². The topological polar surface area (TPSA) is 538 Å². The van der Waals surface area contributed by atoms with Crippen LogP contribution in [0.2, 0.25) is 0 Å². The number of nitrogens with two attached hydrogens (primary N) is 1. The van der Waals surface area contributed by atoms with Gasteiger partial charge >= 0.3 is 5.97 Å². The van der Waals surface area contributed by atoms with Crippen LogP contribution in [0.1, 0.15) is 46.0 Å². The average Bonchev–Trinajstić information content (AvgIpc) is 3.46. The monoisotopic (exact) mass is 1160 g/mol. The van der Waals surface area contributed by atoms with E-state index in [-0.39, 0.29) is 6.61 Å². The maximum Gasteiger partial charge on any atom is 0.364 e. The lowest BCUT2D eigenvalue weighted by molar-refractivity contribution is -0.395. The van der Waals surface area contributed by atoms with Crippen molar-refractivity contribution in [2.45, 2.75) is 230 Å². The number of rotatable bonds is 25. The Balaban J connectivity index is 1.16. The molecule has 0 spiro atoms. The summed E-state index contributed by atoms with van der Waals surface area (Å²) in [6.07, 6.45) is -50.2. The average molecular weight is 1160 g/mol. The van der Waals surface area contributed by atoms with Crippen molar-refractivity contribution >= 4 is 5.97 Å². The first-order valence-corrected chi connectivity index (χ1v) is 26.1. The van der Waals surface area contributed by atoms with Crippen LogP contribution < -0.4 is 5.73 Å². The van der Waals surface area contributed by atoms with Crippen LogP contribution in [0.4, 0.5) is 0 Å². The van der Waals surface area contributed by atoms with Crippen LogP contribution in [0.5, 0.6) is 0 Å². The molecule has 6 heterocycles. The second-order valence-electron chi connectivity index (χ2n) is 20.5. The molecule has 6 aliphatic rings. The highest BCUT2D eigenvalue weighted by Crippen LogP contribution is 2.40. The molecular formula is C46H81NO32. The third-order valence-corrected chi connectivity index (χ3v) is 15.1. The van der Waals surface area contributed by atoms with E-state index in [2.05, 4.69) is 0 Å². The van der Waals surface area contributed by atoms with Crippen LogP contribution in [-0.4, -0.2) is 333 Å².